The minimum atomic E-state index is -0.820. The summed E-state index contributed by atoms with van der Waals surface area (Å²) in [6, 6.07) is 17.9. The highest BCUT2D eigenvalue weighted by molar-refractivity contribution is 5.80. The molecule has 0 saturated carbocycles. The number of aromatic nitrogens is 6. The molecule has 3 aromatic heterocycles. The van der Waals surface area contributed by atoms with Crippen LogP contribution in [-0.2, 0) is 0 Å². The number of imidazole rings is 1. The van der Waals surface area contributed by atoms with Crippen LogP contribution in [0.15, 0.2) is 60.8 Å². The summed E-state index contributed by atoms with van der Waals surface area (Å²) in [7, 11) is 0. The van der Waals surface area contributed by atoms with Crippen LogP contribution in [0.3, 0.4) is 0 Å². The Hall–Kier alpha value is -4.04. The van der Waals surface area contributed by atoms with Gasteiger partial charge in [-0.1, -0.05) is 54.6 Å². The Morgan fingerprint density at radius 1 is 1.03 bits per heavy atom. The minimum Gasteiger partial charge on any atom is -0.477 e. The normalized spacial score (nSPS) is 12.2. The fourth-order valence-electron chi connectivity index (χ4n) is 4.26. The van der Waals surface area contributed by atoms with Gasteiger partial charge in [-0.2, -0.15) is 4.98 Å². The predicted octanol–water partition coefficient (Wildman–Crippen LogP) is 4.28. The molecule has 0 aliphatic rings. The molecule has 166 valence electrons. The summed E-state index contributed by atoms with van der Waals surface area (Å²) in [6.07, 6.45) is 1.02. The van der Waals surface area contributed by atoms with Crippen molar-refractivity contribution in [2.75, 3.05) is 6.61 Å². The second kappa shape index (κ2) is 8.48. The van der Waals surface area contributed by atoms with Gasteiger partial charge in [-0.25, -0.2) is 5.10 Å². The Morgan fingerprint density at radius 2 is 1.79 bits per heavy atom. The average molecular weight is 441 g/mol. The first-order chi connectivity index (χ1) is 16.1. The molecule has 8 heteroatoms. The number of rotatable bonds is 6. The van der Waals surface area contributed by atoms with E-state index >= 15 is 0 Å². The van der Waals surface area contributed by atoms with E-state index in [9.17, 15) is 5.11 Å². The Balaban J connectivity index is 1.53. The van der Waals surface area contributed by atoms with Gasteiger partial charge in [0.2, 0.25) is 5.88 Å². The van der Waals surface area contributed by atoms with Crippen molar-refractivity contribution in [2.24, 2.45) is 0 Å². The van der Waals surface area contributed by atoms with Crippen LogP contribution >= 0.6 is 0 Å². The van der Waals surface area contributed by atoms with Crippen molar-refractivity contribution in [2.45, 2.75) is 26.9 Å². The maximum Gasteiger partial charge on any atom is 0.232 e. The molecular formula is C25H24N6O2. The summed E-state index contributed by atoms with van der Waals surface area (Å²) in [6.45, 7) is 6.47. The Labute approximate surface area is 190 Å². The van der Waals surface area contributed by atoms with Gasteiger partial charge in [0.15, 0.2) is 5.82 Å². The quantitative estimate of drug-likeness (QED) is 0.409. The van der Waals surface area contributed by atoms with E-state index in [2.05, 4.69) is 25.6 Å². The lowest BCUT2D eigenvalue weighted by atomic mass is 9.95. The lowest BCUT2D eigenvalue weighted by Crippen LogP contribution is -2.09. The number of benzene rings is 2. The van der Waals surface area contributed by atoms with Gasteiger partial charge in [-0.15, -0.1) is 5.10 Å². The molecule has 2 aromatic carbocycles. The average Bonchev–Trinajstić information content (AvgIpc) is 3.50. The Morgan fingerprint density at radius 3 is 2.48 bits per heavy atom. The number of aliphatic hydroxyl groups excluding tert-OH is 1. The standard InChI is InChI=1S/C25H24N6O2/c1-4-33-21-14-31-22(15(2)13-16(3)25(31)26-21)23(32)18-11-9-17(10-12-18)19-7-5-6-8-20(19)24-27-29-30-28-24/h5-14,23,32H,4H2,1-3H3,(H,27,28,29,30). The minimum absolute atomic E-state index is 0.535. The third-order valence-electron chi connectivity index (χ3n) is 5.75. The van der Waals surface area contributed by atoms with E-state index in [1.54, 1.807) is 0 Å². The first-order valence-electron chi connectivity index (χ1n) is 10.8. The van der Waals surface area contributed by atoms with Crippen LogP contribution in [0, 0.1) is 13.8 Å². The van der Waals surface area contributed by atoms with Crippen LogP contribution in [0.25, 0.3) is 28.2 Å². The van der Waals surface area contributed by atoms with Crippen LogP contribution in [-0.4, -0.2) is 41.7 Å². The summed E-state index contributed by atoms with van der Waals surface area (Å²) < 4.78 is 7.53. The van der Waals surface area contributed by atoms with Gasteiger partial charge in [0.25, 0.3) is 0 Å². The fourth-order valence-corrected chi connectivity index (χ4v) is 4.26. The highest BCUT2D eigenvalue weighted by Gasteiger charge is 2.20. The summed E-state index contributed by atoms with van der Waals surface area (Å²) in [5.74, 6) is 1.16. The molecule has 5 aromatic rings. The van der Waals surface area contributed by atoms with E-state index in [0.717, 1.165) is 44.7 Å². The molecule has 1 unspecified atom stereocenters. The maximum atomic E-state index is 11.3. The van der Waals surface area contributed by atoms with Crippen LogP contribution in [0.2, 0.25) is 0 Å². The van der Waals surface area contributed by atoms with Crippen LogP contribution in [0.4, 0.5) is 0 Å². The second-order valence-corrected chi connectivity index (χ2v) is 7.92. The molecule has 0 radical (unpaired) electrons. The Bertz CT molecular complexity index is 1410. The van der Waals surface area contributed by atoms with Crippen LogP contribution < -0.4 is 4.74 Å². The van der Waals surface area contributed by atoms with Crippen LogP contribution in [0.5, 0.6) is 5.88 Å². The summed E-state index contributed by atoms with van der Waals surface area (Å²) in [5, 5.41) is 25.6. The molecule has 0 amide bonds. The van der Waals surface area contributed by atoms with E-state index in [-0.39, 0.29) is 0 Å². The third kappa shape index (κ3) is 3.74. The number of H-pyrrole nitrogens is 1. The third-order valence-corrected chi connectivity index (χ3v) is 5.75. The number of fused-ring (bicyclic) bond motifs is 1. The maximum absolute atomic E-state index is 11.3. The number of aliphatic hydroxyl groups is 1. The van der Waals surface area contributed by atoms with Gasteiger partial charge >= 0.3 is 0 Å². The van der Waals surface area contributed by atoms with Gasteiger partial charge in [-0.3, -0.25) is 4.40 Å². The fraction of sp³-hybridized carbons (Fsp3) is 0.200. The highest BCUT2D eigenvalue weighted by Crippen LogP contribution is 2.33. The topological polar surface area (TPSA) is 101 Å². The number of nitrogens with zero attached hydrogens (tertiary/aromatic N) is 5. The number of nitrogens with one attached hydrogen (secondary N) is 1. The Kier molecular flexibility index (Phi) is 5.35. The second-order valence-electron chi connectivity index (χ2n) is 7.92. The lowest BCUT2D eigenvalue weighted by Gasteiger charge is -2.18. The lowest BCUT2D eigenvalue weighted by molar-refractivity contribution is 0.213. The molecule has 33 heavy (non-hydrogen) atoms. The molecule has 0 saturated heterocycles. The molecule has 0 fully saturated rings. The van der Waals surface area contributed by atoms with Gasteiger partial charge in [0.05, 0.1) is 18.5 Å². The van der Waals surface area contributed by atoms with Crippen LogP contribution in [0.1, 0.15) is 35.4 Å². The summed E-state index contributed by atoms with van der Waals surface area (Å²) >= 11 is 0. The highest BCUT2D eigenvalue weighted by atomic mass is 16.5. The van der Waals surface area contributed by atoms with Crippen molar-refractivity contribution in [3.63, 3.8) is 0 Å². The number of tetrazole rings is 1. The van der Waals surface area contributed by atoms with Crippen molar-refractivity contribution in [3.05, 3.63) is 83.2 Å². The molecule has 0 aliphatic heterocycles. The zero-order valence-electron chi connectivity index (χ0n) is 18.6. The van der Waals surface area contributed by atoms with Crippen molar-refractivity contribution in [1.82, 2.24) is 30.0 Å². The molecule has 2 N–H and O–H groups in total. The number of hydrogen-bond donors (Lipinski definition) is 2. The SMILES string of the molecule is CCOc1cn2c(C(O)c3ccc(-c4ccccc4-c4nnn[nH]4)cc3)c(C)cc(C)c2n1. The number of hydrogen-bond acceptors (Lipinski definition) is 6. The molecular weight excluding hydrogens is 416 g/mol. The van der Waals surface area contributed by atoms with Gasteiger partial charge in [-0.05, 0) is 59.0 Å². The van der Waals surface area contributed by atoms with Crippen molar-refractivity contribution in [1.29, 1.82) is 0 Å². The van der Waals surface area contributed by atoms with Crippen molar-refractivity contribution >= 4 is 5.65 Å². The first-order valence-corrected chi connectivity index (χ1v) is 10.8. The van der Waals surface area contributed by atoms with E-state index in [1.165, 1.54) is 0 Å². The molecule has 1 atom stereocenters. The van der Waals surface area contributed by atoms with Gasteiger partial charge in [0, 0.05) is 5.56 Å². The molecule has 0 bridgehead atoms. The number of aryl methyl sites for hydroxylation is 2. The smallest absolute Gasteiger partial charge is 0.232 e. The van der Waals surface area contributed by atoms with E-state index in [4.69, 9.17) is 4.74 Å². The van der Waals surface area contributed by atoms with E-state index in [1.807, 2.05) is 86.0 Å². The monoisotopic (exact) mass is 440 g/mol. The molecule has 8 nitrogen and oxygen atoms in total. The van der Waals surface area contributed by atoms with Gasteiger partial charge < -0.3 is 9.84 Å². The van der Waals surface area contributed by atoms with Crippen molar-refractivity contribution < 1.29 is 9.84 Å². The summed E-state index contributed by atoms with van der Waals surface area (Å²) in [5.41, 5.74) is 7.28. The van der Waals surface area contributed by atoms with E-state index < -0.39 is 6.10 Å². The van der Waals surface area contributed by atoms with Gasteiger partial charge in [0.1, 0.15) is 11.8 Å². The van der Waals surface area contributed by atoms with Crippen molar-refractivity contribution in [3.8, 4) is 28.4 Å². The molecule has 5 rings (SSSR count). The largest absolute Gasteiger partial charge is 0.477 e. The number of ether oxygens (including phenoxy) is 1. The van der Waals surface area contributed by atoms with E-state index in [0.29, 0.717) is 18.3 Å². The number of aromatic amines is 1. The number of pyridine rings is 1. The predicted molar refractivity (Wildman–Crippen MR) is 125 cm³/mol. The first kappa shape index (κ1) is 20.8. The summed E-state index contributed by atoms with van der Waals surface area (Å²) in [4.78, 5) is 4.58. The zero-order chi connectivity index (χ0) is 22.9. The molecule has 3 heterocycles. The molecule has 0 spiro atoms. The molecule has 0 aliphatic carbocycles. The zero-order valence-corrected chi connectivity index (χ0v) is 18.6.